The Morgan fingerprint density at radius 2 is 1.61 bits per heavy atom. The molecule has 0 spiro atoms. The van der Waals surface area contributed by atoms with Crippen molar-refractivity contribution in [2.45, 2.75) is 32.7 Å². The molecule has 0 radical (unpaired) electrons. The second kappa shape index (κ2) is 5.26. The number of carboxylic acid groups (broad SMARTS) is 1. The van der Waals surface area contributed by atoms with Gasteiger partial charge in [0.05, 0.1) is 5.92 Å². The summed E-state index contributed by atoms with van der Waals surface area (Å²) in [6, 6.07) is 0.748. The number of hydrogen-bond acceptors (Lipinski definition) is 3. The molecule has 0 bridgehead atoms. The van der Waals surface area contributed by atoms with Crippen molar-refractivity contribution >= 4 is 11.9 Å². The zero-order chi connectivity index (χ0) is 13.3. The first-order valence-corrected chi connectivity index (χ1v) is 6.76. The molecule has 0 aromatic carbocycles. The van der Waals surface area contributed by atoms with Gasteiger partial charge in [-0.2, -0.15) is 0 Å². The third kappa shape index (κ3) is 2.83. The summed E-state index contributed by atoms with van der Waals surface area (Å²) in [5.41, 5.74) is 0. The molecule has 1 heterocycles. The molecule has 2 rings (SSSR count). The number of rotatable bonds is 4. The highest BCUT2D eigenvalue weighted by Crippen LogP contribution is 2.27. The summed E-state index contributed by atoms with van der Waals surface area (Å²) >= 11 is 0. The topological polar surface area (TPSA) is 60.9 Å². The van der Waals surface area contributed by atoms with Crippen LogP contribution in [0.1, 0.15) is 26.7 Å². The molecule has 2 unspecified atom stereocenters. The summed E-state index contributed by atoms with van der Waals surface area (Å²) in [5, 5.41) is 8.94. The number of carbonyl (C=O) groups excluding carboxylic acids is 1. The van der Waals surface area contributed by atoms with E-state index in [1.54, 1.807) is 13.8 Å². The number of carbonyl (C=O) groups is 2. The van der Waals surface area contributed by atoms with Crippen molar-refractivity contribution in [3.8, 4) is 0 Å². The minimum absolute atomic E-state index is 0.0136. The van der Waals surface area contributed by atoms with Gasteiger partial charge in [0.25, 0.3) is 0 Å². The summed E-state index contributed by atoms with van der Waals surface area (Å²) < 4.78 is 0. The Hall–Kier alpha value is -1.10. The molecule has 102 valence electrons. The Morgan fingerprint density at radius 1 is 1.06 bits per heavy atom. The van der Waals surface area contributed by atoms with Gasteiger partial charge in [-0.15, -0.1) is 0 Å². The van der Waals surface area contributed by atoms with Crippen LogP contribution < -0.4 is 0 Å². The van der Waals surface area contributed by atoms with Gasteiger partial charge in [0.15, 0.2) is 0 Å². The third-order valence-electron chi connectivity index (χ3n) is 4.22. The molecule has 0 aromatic rings. The van der Waals surface area contributed by atoms with Crippen LogP contribution in [0.5, 0.6) is 0 Å². The van der Waals surface area contributed by atoms with Crippen LogP contribution in [0.4, 0.5) is 0 Å². The smallest absolute Gasteiger partial charge is 0.307 e. The monoisotopic (exact) mass is 254 g/mol. The Morgan fingerprint density at radius 3 is 2.06 bits per heavy atom. The fraction of sp³-hybridized carbons (Fsp3) is 0.846. The molecule has 2 atom stereocenters. The highest BCUT2D eigenvalue weighted by molar-refractivity contribution is 5.84. The molecule has 1 saturated heterocycles. The van der Waals surface area contributed by atoms with E-state index in [4.69, 9.17) is 5.11 Å². The number of aliphatic carboxylic acids is 1. The van der Waals surface area contributed by atoms with E-state index in [-0.39, 0.29) is 5.91 Å². The largest absolute Gasteiger partial charge is 0.481 e. The molecule has 5 nitrogen and oxygen atoms in total. The lowest BCUT2D eigenvalue weighted by molar-refractivity contribution is -0.149. The Kier molecular flexibility index (Phi) is 3.90. The van der Waals surface area contributed by atoms with Gasteiger partial charge < -0.3 is 10.0 Å². The van der Waals surface area contributed by atoms with E-state index in [0.717, 1.165) is 32.2 Å². The summed E-state index contributed by atoms with van der Waals surface area (Å²) in [5.74, 6) is -1.96. The maximum atomic E-state index is 12.2. The average Bonchev–Trinajstić information content (AvgIpc) is 3.20. The van der Waals surface area contributed by atoms with Gasteiger partial charge in [-0.05, 0) is 12.8 Å². The van der Waals surface area contributed by atoms with Crippen molar-refractivity contribution in [1.29, 1.82) is 0 Å². The van der Waals surface area contributed by atoms with E-state index in [1.165, 1.54) is 12.8 Å². The van der Waals surface area contributed by atoms with Gasteiger partial charge in [0, 0.05) is 38.1 Å². The zero-order valence-corrected chi connectivity index (χ0v) is 11.1. The molecule has 2 fully saturated rings. The van der Waals surface area contributed by atoms with Crippen LogP contribution >= 0.6 is 0 Å². The van der Waals surface area contributed by atoms with Crippen LogP contribution in [0.2, 0.25) is 0 Å². The Balaban J connectivity index is 1.84. The first kappa shape index (κ1) is 13.3. The maximum Gasteiger partial charge on any atom is 0.307 e. The molecule has 1 saturated carbocycles. The first-order chi connectivity index (χ1) is 8.50. The summed E-state index contributed by atoms with van der Waals surface area (Å²) in [6.07, 6.45) is 2.58. The fourth-order valence-electron chi connectivity index (χ4n) is 2.46. The molecule has 1 amide bonds. The van der Waals surface area contributed by atoms with E-state index in [1.807, 2.05) is 4.90 Å². The van der Waals surface area contributed by atoms with Crippen molar-refractivity contribution in [1.82, 2.24) is 9.80 Å². The summed E-state index contributed by atoms with van der Waals surface area (Å²) in [4.78, 5) is 27.3. The fourth-order valence-corrected chi connectivity index (χ4v) is 2.46. The van der Waals surface area contributed by atoms with Gasteiger partial charge in [-0.3, -0.25) is 14.5 Å². The number of nitrogens with zero attached hydrogens (tertiary/aromatic N) is 2. The molecule has 2 aliphatic rings. The summed E-state index contributed by atoms with van der Waals surface area (Å²) in [6.45, 7) is 6.67. The number of amides is 1. The molecule has 1 aliphatic heterocycles. The number of hydrogen-bond donors (Lipinski definition) is 1. The predicted molar refractivity (Wildman–Crippen MR) is 67.1 cm³/mol. The van der Waals surface area contributed by atoms with E-state index in [0.29, 0.717) is 0 Å². The third-order valence-corrected chi connectivity index (χ3v) is 4.22. The molecule has 18 heavy (non-hydrogen) atoms. The highest BCUT2D eigenvalue weighted by Gasteiger charge is 2.34. The van der Waals surface area contributed by atoms with Crippen molar-refractivity contribution in [2.75, 3.05) is 26.2 Å². The standard InChI is InChI=1S/C13H22N2O3/c1-9(10(2)13(17)18)12(16)15-7-5-14(6-8-15)11-3-4-11/h9-11H,3-8H2,1-2H3,(H,17,18). The lowest BCUT2D eigenvalue weighted by Crippen LogP contribution is -2.51. The van der Waals surface area contributed by atoms with Gasteiger partial charge in [-0.25, -0.2) is 0 Å². The molecule has 1 N–H and O–H groups in total. The number of piperazine rings is 1. The van der Waals surface area contributed by atoms with E-state index in [2.05, 4.69) is 4.90 Å². The molecular formula is C13H22N2O3. The Labute approximate surface area is 108 Å². The van der Waals surface area contributed by atoms with Crippen molar-refractivity contribution in [3.63, 3.8) is 0 Å². The summed E-state index contributed by atoms with van der Waals surface area (Å²) in [7, 11) is 0. The molecule has 0 aromatic heterocycles. The van der Waals surface area contributed by atoms with Gasteiger partial charge in [0.2, 0.25) is 5.91 Å². The molecule has 5 heteroatoms. The first-order valence-electron chi connectivity index (χ1n) is 6.76. The molecular weight excluding hydrogens is 232 g/mol. The van der Waals surface area contributed by atoms with E-state index < -0.39 is 17.8 Å². The lowest BCUT2D eigenvalue weighted by atomic mass is 9.94. The second-order valence-corrected chi connectivity index (χ2v) is 5.51. The molecule has 1 aliphatic carbocycles. The highest BCUT2D eigenvalue weighted by atomic mass is 16.4. The van der Waals surface area contributed by atoms with Crippen LogP contribution in [0.25, 0.3) is 0 Å². The van der Waals surface area contributed by atoms with Crippen LogP contribution in [0.3, 0.4) is 0 Å². The minimum atomic E-state index is -0.896. The van der Waals surface area contributed by atoms with Crippen molar-refractivity contribution in [3.05, 3.63) is 0 Å². The zero-order valence-electron chi connectivity index (χ0n) is 11.1. The predicted octanol–water partition coefficient (Wildman–Crippen LogP) is 0.650. The minimum Gasteiger partial charge on any atom is -0.481 e. The van der Waals surface area contributed by atoms with Gasteiger partial charge in [0.1, 0.15) is 0 Å². The van der Waals surface area contributed by atoms with Crippen LogP contribution in [0.15, 0.2) is 0 Å². The van der Waals surface area contributed by atoms with Crippen molar-refractivity contribution in [2.24, 2.45) is 11.8 Å². The van der Waals surface area contributed by atoms with Crippen LogP contribution in [0, 0.1) is 11.8 Å². The average molecular weight is 254 g/mol. The SMILES string of the molecule is CC(C(=O)O)C(C)C(=O)N1CCN(C2CC2)CC1. The van der Waals surface area contributed by atoms with Crippen LogP contribution in [-0.2, 0) is 9.59 Å². The maximum absolute atomic E-state index is 12.2. The quantitative estimate of drug-likeness (QED) is 0.800. The normalized spacial score (nSPS) is 24.7. The second-order valence-electron chi connectivity index (χ2n) is 5.51. The van der Waals surface area contributed by atoms with Crippen molar-refractivity contribution < 1.29 is 14.7 Å². The van der Waals surface area contributed by atoms with E-state index >= 15 is 0 Å². The Bertz CT molecular complexity index is 333. The van der Waals surface area contributed by atoms with Gasteiger partial charge in [-0.1, -0.05) is 13.8 Å². The van der Waals surface area contributed by atoms with E-state index in [9.17, 15) is 9.59 Å². The lowest BCUT2D eigenvalue weighted by Gasteiger charge is -2.36. The van der Waals surface area contributed by atoms with Crippen LogP contribution in [-0.4, -0.2) is 59.0 Å². The van der Waals surface area contributed by atoms with Gasteiger partial charge >= 0.3 is 5.97 Å². The number of carboxylic acids is 1.